The van der Waals surface area contributed by atoms with Crippen LogP contribution in [-0.4, -0.2) is 32.9 Å². The first-order chi connectivity index (χ1) is 9.13. The van der Waals surface area contributed by atoms with E-state index in [-0.39, 0.29) is 12.5 Å². The number of fused-ring (bicyclic) bond motifs is 1. The van der Waals surface area contributed by atoms with Gasteiger partial charge in [-0.05, 0) is 12.1 Å². The van der Waals surface area contributed by atoms with Crippen molar-refractivity contribution in [2.45, 2.75) is 12.5 Å². The average Bonchev–Trinajstić information content (AvgIpc) is 2.94. The van der Waals surface area contributed by atoms with E-state index < -0.39 is 5.97 Å². The molecule has 0 unspecified atom stereocenters. The van der Waals surface area contributed by atoms with Gasteiger partial charge in [0.25, 0.3) is 0 Å². The Hall–Kier alpha value is -1.95. The zero-order valence-electron chi connectivity index (χ0n) is 10.1. The van der Waals surface area contributed by atoms with Gasteiger partial charge in [-0.25, -0.2) is 0 Å². The van der Waals surface area contributed by atoms with Crippen molar-refractivity contribution in [1.82, 2.24) is 4.98 Å². The first-order valence-electron chi connectivity index (χ1n) is 5.93. The maximum absolute atomic E-state index is 10.7. The summed E-state index contributed by atoms with van der Waals surface area (Å²) in [6.45, 7) is 0. The van der Waals surface area contributed by atoms with Gasteiger partial charge in [0, 0.05) is 11.1 Å². The molecule has 5 nitrogen and oxygen atoms in total. The zero-order chi connectivity index (χ0) is 13.4. The number of benzene rings is 1. The molecule has 1 atom stereocenters. The molecule has 0 fully saturated rings. The van der Waals surface area contributed by atoms with Crippen molar-refractivity contribution in [2.24, 2.45) is 4.99 Å². The minimum Gasteiger partial charge on any atom is -0.481 e. The quantitative estimate of drug-likeness (QED) is 0.748. The molecule has 0 radical (unpaired) electrons. The van der Waals surface area contributed by atoms with Crippen molar-refractivity contribution in [3.63, 3.8) is 0 Å². The van der Waals surface area contributed by atoms with Crippen LogP contribution >= 0.6 is 11.8 Å². The number of carbonyl (C=O) groups is 1. The Balaban J connectivity index is 1.93. The highest BCUT2D eigenvalue weighted by molar-refractivity contribution is 8.14. The van der Waals surface area contributed by atoms with Crippen LogP contribution in [0.4, 0.5) is 5.69 Å². The largest absolute Gasteiger partial charge is 0.481 e. The zero-order valence-corrected chi connectivity index (χ0v) is 10.9. The van der Waals surface area contributed by atoms with E-state index in [1.54, 1.807) is 11.8 Å². The minimum absolute atomic E-state index is 0.0822. The predicted molar refractivity (Wildman–Crippen MR) is 77.7 cm³/mol. The highest BCUT2D eigenvalue weighted by atomic mass is 32.2. The molecule has 0 amide bonds. The second-order valence-electron chi connectivity index (χ2n) is 4.49. The molecule has 3 rings (SSSR count). The van der Waals surface area contributed by atoms with Crippen LogP contribution in [0.15, 0.2) is 29.3 Å². The molecule has 1 aliphatic heterocycles. The molecule has 1 aromatic heterocycles. The number of rotatable bonds is 3. The molecule has 98 valence electrons. The number of hydrogen-bond acceptors (Lipinski definition) is 4. The van der Waals surface area contributed by atoms with E-state index in [9.17, 15) is 4.79 Å². The van der Waals surface area contributed by atoms with Crippen LogP contribution in [-0.2, 0) is 4.79 Å². The number of hydrogen-bond donors (Lipinski definition) is 3. The number of aliphatic carboxylic acids is 1. The van der Waals surface area contributed by atoms with E-state index in [1.807, 2.05) is 24.3 Å². The summed E-state index contributed by atoms with van der Waals surface area (Å²) >= 11 is 1.58. The molecule has 19 heavy (non-hydrogen) atoms. The Bertz CT molecular complexity index is 678. The maximum Gasteiger partial charge on any atom is 0.305 e. The molecule has 1 aromatic carbocycles. The van der Waals surface area contributed by atoms with Crippen LogP contribution in [0.5, 0.6) is 0 Å². The smallest absolute Gasteiger partial charge is 0.305 e. The topological polar surface area (TPSA) is 91.5 Å². The van der Waals surface area contributed by atoms with Crippen molar-refractivity contribution >= 4 is 39.4 Å². The van der Waals surface area contributed by atoms with Crippen LogP contribution in [0.2, 0.25) is 0 Å². The van der Waals surface area contributed by atoms with Gasteiger partial charge in [0.1, 0.15) is 5.04 Å². The van der Waals surface area contributed by atoms with Crippen LogP contribution < -0.4 is 5.73 Å². The summed E-state index contributed by atoms with van der Waals surface area (Å²) in [5.41, 5.74) is 8.42. The van der Waals surface area contributed by atoms with E-state index in [4.69, 9.17) is 10.8 Å². The van der Waals surface area contributed by atoms with Crippen molar-refractivity contribution in [1.29, 1.82) is 0 Å². The third kappa shape index (κ3) is 2.31. The molecule has 0 spiro atoms. The summed E-state index contributed by atoms with van der Waals surface area (Å²) in [6.07, 6.45) is 0.0822. The molecule has 2 heterocycles. The minimum atomic E-state index is -0.809. The standard InChI is InChI=1S/C13H13N3O2S/c14-9-3-1-2-7-4-10(16-12(7)9)13-15-8(6-19-13)5-11(17)18/h1-4,8,16H,5-6,14H2,(H,17,18)/t8-/m1/s1. The van der Waals surface area contributed by atoms with E-state index in [2.05, 4.69) is 9.98 Å². The lowest BCUT2D eigenvalue weighted by atomic mass is 10.2. The normalized spacial score (nSPS) is 18.7. The molecular formula is C13H13N3O2S. The van der Waals surface area contributed by atoms with Crippen LogP contribution in [0.25, 0.3) is 10.9 Å². The summed E-state index contributed by atoms with van der Waals surface area (Å²) in [6, 6.07) is 7.61. The SMILES string of the molecule is Nc1cccc2cc(C3=N[C@H](CC(=O)O)CS3)[nH]c12. The molecule has 0 bridgehead atoms. The summed E-state index contributed by atoms with van der Waals surface area (Å²) in [5.74, 6) is -0.0940. The molecule has 1 aliphatic rings. The van der Waals surface area contributed by atoms with E-state index in [0.717, 1.165) is 21.6 Å². The molecule has 6 heteroatoms. The van der Waals surface area contributed by atoms with Crippen LogP contribution in [0, 0.1) is 0 Å². The maximum atomic E-state index is 10.7. The number of aliphatic imine (C=N–C) groups is 1. The lowest BCUT2D eigenvalue weighted by Gasteiger charge is -1.98. The number of nitrogens with two attached hydrogens (primary N) is 1. The van der Waals surface area contributed by atoms with Crippen LogP contribution in [0.1, 0.15) is 12.1 Å². The number of thioether (sulfide) groups is 1. The van der Waals surface area contributed by atoms with Crippen molar-refractivity contribution < 1.29 is 9.90 Å². The molecule has 0 saturated carbocycles. The van der Waals surface area contributed by atoms with Gasteiger partial charge >= 0.3 is 5.97 Å². The highest BCUT2D eigenvalue weighted by Crippen LogP contribution is 2.28. The van der Waals surface area contributed by atoms with Gasteiger partial charge in [-0.2, -0.15) is 0 Å². The second-order valence-corrected chi connectivity index (χ2v) is 5.50. The molecule has 0 saturated heterocycles. The van der Waals surface area contributed by atoms with Gasteiger partial charge < -0.3 is 15.8 Å². The number of para-hydroxylation sites is 1. The summed E-state index contributed by atoms with van der Waals surface area (Å²) in [4.78, 5) is 18.4. The molecular weight excluding hydrogens is 262 g/mol. The van der Waals surface area contributed by atoms with Gasteiger partial charge in [0.05, 0.1) is 29.4 Å². The van der Waals surface area contributed by atoms with Gasteiger partial charge in [-0.3, -0.25) is 9.79 Å². The number of H-pyrrole nitrogens is 1. The van der Waals surface area contributed by atoms with E-state index >= 15 is 0 Å². The number of aromatic nitrogens is 1. The fraction of sp³-hybridized carbons (Fsp3) is 0.231. The highest BCUT2D eigenvalue weighted by Gasteiger charge is 2.22. The third-order valence-corrected chi connectivity index (χ3v) is 4.19. The van der Waals surface area contributed by atoms with Gasteiger partial charge in [-0.15, -0.1) is 11.8 Å². The number of anilines is 1. The first-order valence-corrected chi connectivity index (χ1v) is 6.92. The Kier molecular flexibility index (Phi) is 2.94. The predicted octanol–water partition coefficient (Wildman–Crippen LogP) is 2.09. The third-order valence-electron chi connectivity index (χ3n) is 3.04. The molecule has 2 aromatic rings. The van der Waals surface area contributed by atoms with E-state index in [1.165, 1.54) is 0 Å². The number of nitrogens with one attached hydrogen (secondary N) is 1. The lowest BCUT2D eigenvalue weighted by Crippen LogP contribution is -2.10. The fourth-order valence-corrected chi connectivity index (χ4v) is 3.20. The van der Waals surface area contributed by atoms with Crippen LogP contribution in [0.3, 0.4) is 0 Å². The Labute approximate surface area is 113 Å². The van der Waals surface area contributed by atoms with Crippen molar-refractivity contribution in [2.75, 3.05) is 11.5 Å². The summed E-state index contributed by atoms with van der Waals surface area (Å²) in [7, 11) is 0. The number of nitrogens with zero attached hydrogens (tertiary/aromatic N) is 1. The summed E-state index contributed by atoms with van der Waals surface area (Å²) < 4.78 is 0. The average molecular weight is 275 g/mol. The first kappa shape index (κ1) is 12.1. The Morgan fingerprint density at radius 2 is 2.42 bits per heavy atom. The monoisotopic (exact) mass is 275 g/mol. The van der Waals surface area contributed by atoms with Crippen molar-refractivity contribution in [3.8, 4) is 0 Å². The number of nitrogen functional groups attached to an aromatic ring is 1. The van der Waals surface area contributed by atoms with Gasteiger partial charge in [-0.1, -0.05) is 12.1 Å². The van der Waals surface area contributed by atoms with E-state index in [0.29, 0.717) is 11.4 Å². The van der Waals surface area contributed by atoms with Gasteiger partial charge in [0.15, 0.2) is 0 Å². The Morgan fingerprint density at radius 1 is 1.58 bits per heavy atom. The number of carboxylic acids is 1. The molecule has 4 N–H and O–H groups in total. The number of carboxylic acid groups (broad SMARTS) is 1. The van der Waals surface area contributed by atoms with Gasteiger partial charge in [0.2, 0.25) is 0 Å². The fourth-order valence-electron chi connectivity index (χ4n) is 2.16. The lowest BCUT2D eigenvalue weighted by molar-refractivity contribution is -0.137. The van der Waals surface area contributed by atoms with Crippen molar-refractivity contribution in [3.05, 3.63) is 30.0 Å². The second kappa shape index (κ2) is 4.62. The summed E-state index contributed by atoms with van der Waals surface area (Å²) in [5, 5.41) is 10.7. The molecule has 0 aliphatic carbocycles. The number of aromatic amines is 1. The Morgan fingerprint density at radius 3 is 3.16 bits per heavy atom.